The molecular formula is C18H11N4O6+. The van der Waals surface area contributed by atoms with Crippen LogP contribution in [0.4, 0.5) is 17.1 Å². The quantitative estimate of drug-likeness (QED) is 0.303. The number of non-ortho nitro benzene ring substituents is 2. The largest absolute Gasteiger partial charge is 0.284 e. The number of pyridine rings is 1. The van der Waals surface area contributed by atoms with Crippen LogP contribution in [-0.2, 0) is 0 Å². The second-order valence-corrected chi connectivity index (χ2v) is 6.20. The summed E-state index contributed by atoms with van der Waals surface area (Å²) in [5, 5.41) is 34.2. The average Bonchev–Trinajstić information content (AvgIpc) is 3.01. The molecule has 28 heavy (non-hydrogen) atoms. The number of nitro benzene ring substituents is 3. The molecule has 0 fully saturated rings. The molecule has 0 bridgehead atoms. The van der Waals surface area contributed by atoms with Gasteiger partial charge >= 0.3 is 0 Å². The first kappa shape index (κ1) is 17.2. The average molecular weight is 379 g/mol. The fourth-order valence-electron chi connectivity index (χ4n) is 3.58. The molecule has 1 aromatic heterocycles. The molecule has 2 aromatic carbocycles. The van der Waals surface area contributed by atoms with E-state index in [9.17, 15) is 30.3 Å². The van der Waals surface area contributed by atoms with Crippen LogP contribution in [0, 0.1) is 30.3 Å². The smallest absolute Gasteiger partial charge is 0.258 e. The van der Waals surface area contributed by atoms with Crippen LogP contribution in [0.2, 0.25) is 0 Å². The standard InChI is InChI=1S/C18H11N4O6/c23-20(24)11-4-5-13-14(8-11)18(19-6-2-1-3-7-19)15-9-12(21(25)26)10-16(17(13)15)22(27)28/h1-10,18H/q+1. The van der Waals surface area contributed by atoms with Crippen LogP contribution >= 0.6 is 0 Å². The number of nitro groups is 3. The zero-order valence-electron chi connectivity index (χ0n) is 14.1. The van der Waals surface area contributed by atoms with E-state index >= 15 is 0 Å². The molecule has 4 rings (SSSR count). The van der Waals surface area contributed by atoms with Gasteiger partial charge in [-0.25, -0.2) is 0 Å². The second-order valence-electron chi connectivity index (χ2n) is 6.20. The molecule has 1 aliphatic carbocycles. The lowest BCUT2D eigenvalue weighted by Gasteiger charge is -2.08. The van der Waals surface area contributed by atoms with Gasteiger partial charge in [0.15, 0.2) is 12.4 Å². The number of hydrogen-bond donors (Lipinski definition) is 0. The van der Waals surface area contributed by atoms with Crippen molar-refractivity contribution in [3.05, 3.63) is 102 Å². The molecule has 1 unspecified atom stereocenters. The van der Waals surface area contributed by atoms with Crippen LogP contribution in [0.1, 0.15) is 17.2 Å². The number of aromatic nitrogens is 1. The highest BCUT2D eigenvalue weighted by molar-refractivity contribution is 5.87. The molecule has 1 aliphatic rings. The molecular weight excluding hydrogens is 368 g/mol. The summed E-state index contributed by atoms with van der Waals surface area (Å²) in [5.74, 6) is 0. The van der Waals surface area contributed by atoms with Crippen LogP contribution in [0.25, 0.3) is 11.1 Å². The zero-order valence-corrected chi connectivity index (χ0v) is 14.1. The summed E-state index contributed by atoms with van der Waals surface area (Å²) in [7, 11) is 0. The van der Waals surface area contributed by atoms with Gasteiger partial charge in [-0.2, -0.15) is 4.57 Å². The summed E-state index contributed by atoms with van der Waals surface area (Å²) in [6.45, 7) is 0. The summed E-state index contributed by atoms with van der Waals surface area (Å²) >= 11 is 0. The van der Waals surface area contributed by atoms with Gasteiger partial charge in [-0.1, -0.05) is 6.07 Å². The van der Waals surface area contributed by atoms with E-state index in [2.05, 4.69) is 0 Å². The summed E-state index contributed by atoms with van der Waals surface area (Å²) < 4.78 is 1.71. The highest BCUT2D eigenvalue weighted by Crippen LogP contribution is 2.50. The molecule has 10 nitrogen and oxygen atoms in total. The zero-order chi connectivity index (χ0) is 20.0. The molecule has 1 heterocycles. The van der Waals surface area contributed by atoms with Gasteiger partial charge in [0.05, 0.1) is 26.4 Å². The van der Waals surface area contributed by atoms with Crippen LogP contribution in [0.15, 0.2) is 60.9 Å². The lowest BCUT2D eigenvalue weighted by atomic mass is 10.0. The summed E-state index contributed by atoms with van der Waals surface area (Å²) in [6.07, 6.45) is 3.40. The van der Waals surface area contributed by atoms with Crippen molar-refractivity contribution in [2.45, 2.75) is 6.04 Å². The molecule has 3 aromatic rings. The Bertz CT molecular complexity index is 1160. The fourth-order valence-corrected chi connectivity index (χ4v) is 3.58. The Morgan fingerprint density at radius 2 is 1.39 bits per heavy atom. The Hall–Kier alpha value is -4.21. The van der Waals surface area contributed by atoms with Crippen molar-refractivity contribution in [2.75, 3.05) is 0 Å². The maximum atomic E-state index is 11.6. The van der Waals surface area contributed by atoms with E-state index in [1.165, 1.54) is 24.3 Å². The van der Waals surface area contributed by atoms with Gasteiger partial charge in [0, 0.05) is 41.5 Å². The lowest BCUT2D eigenvalue weighted by Crippen LogP contribution is -2.38. The van der Waals surface area contributed by atoms with Crippen molar-refractivity contribution in [1.29, 1.82) is 0 Å². The summed E-state index contributed by atoms with van der Waals surface area (Å²) in [5.41, 5.74) is 0.542. The van der Waals surface area contributed by atoms with E-state index in [0.29, 0.717) is 16.7 Å². The molecule has 0 saturated heterocycles. The minimum Gasteiger partial charge on any atom is -0.258 e. The highest BCUT2D eigenvalue weighted by atomic mass is 16.6. The predicted molar refractivity (Wildman–Crippen MR) is 95.7 cm³/mol. The Balaban J connectivity index is 2.09. The SMILES string of the molecule is O=[N+]([O-])c1ccc2c(c1)C([n+]1ccccc1)c1cc([N+](=O)[O-])cc([N+](=O)[O-])c1-2. The first-order valence-electron chi connectivity index (χ1n) is 8.09. The number of hydrogen-bond acceptors (Lipinski definition) is 6. The number of nitrogens with zero attached hydrogens (tertiary/aromatic N) is 4. The predicted octanol–water partition coefficient (Wildman–Crippen LogP) is 3.32. The van der Waals surface area contributed by atoms with E-state index < -0.39 is 32.2 Å². The van der Waals surface area contributed by atoms with E-state index in [4.69, 9.17) is 0 Å². The van der Waals surface area contributed by atoms with Crippen LogP contribution in [0.3, 0.4) is 0 Å². The number of benzene rings is 2. The number of fused-ring (bicyclic) bond motifs is 3. The van der Waals surface area contributed by atoms with E-state index in [0.717, 1.165) is 6.07 Å². The Kier molecular flexibility index (Phi) is 3.81. The summed E-state index contributed by atoms with van der Waals surface area (Å²) in [6, 6.07) is 10.9. The third-order valence-corrected chi connectivity index (χ3v) is 4.68. The third kappa shape index (κ3) is 2.55. The first-order valence-corrected chi connectivity index (χ1v) is 8.09. The van der Waals surface area contributed by atoms with Crippen molar-refractivity contribution in [2.24, 2.45) is 0 Å². The molecule has 0 saturated carbocycles. The molecule has 0 spiro atoms. The molecule has 0 aliphatic heterocycles. The van der Waals surface area contributed by atoms with Gasteiger partial charge in [-0.05, 0) is 11.6 Å². The molecule has 10 heteroatoms. The van der Waals surface area contributed by atoms with Gasteiger partial charge in [0.25, 0.3) is 17.1 Å². The van der Waals surface area contributed by atoms with Gasteiger partial charge in [-0.15, -0.1) is 0 Å². The maximum absolute atomic E-state index is 11.6. The minimum atomic E-state index is -0.689. The van der Waals surface area contributed by atoms with Crippen LogP contribution < -0.4 is 4.57 Å². The van der Waals surface area contributed by atoms with Crippen LogP contribution in [0.5, 0.6) is 0 Å². The summed E-state index contributed by atoms with van der Waals surface area (Å²) in [4.78, 5) is 32.3. The molecule has 0 amide bonds. The first-order chi connectivity index (χ1) is 13.4. The van der Waals surface area contributed by atoms with Crippen molar-refractivity contribution >= 4 is 17.1 Å². The van der Waals surface area contributed by atoms with E-state index in [-0.39, 0.29) is 11.3 Å². The fraction of sp³-hybridized carbons (Fsp3) is 0.0556. The Labute approximate surface area is 156 Å². The Morgan fingerprint density at radius 1 is 0.750 bits per heavy atom. The van der Waals surface area contributed by atoms with Crippen molar-refractivity contribution in [3.8, 4) is 11.1 Å². The highest BCUT2D eigenvalue weighted by Gasteiger charge is 2.42. The van der Waals surface area contributed by atoms with Crippen molar-refractivity contribution < 1.29 is 19.3 Å². The monoisotopic (exact) mass is 379 g/mol. The van der Waals surface area contributed by atoms with E-state index in [1.807, 2.05) is 0 Å². The van der Waals surface area contributed by atoms with Gasteiger partial charge < -0.3 is 0 Å². The lowest BCUT2D eigenvalue weighted by molar-refractivity contribution is -0.704. The van der Waals surface area contributed by atoms with Gasteiger partial charge in [0.1, 0.15) is 0 Å². The number of rotatable bonds is 4. The normalized spacial score (nSPS) is 14.2. The van der Waals surface area contributed by atoms with Gasteiger partial charge in [-0.3, -0.25) is 30.3 Å². The van der Waals surface area contributed by atoms with E-state index in [1.54, 1.807) is 35.2 Å². The topological polar surface area (TPSA) is 133 Å². The molecule has 0 radical (unpaired) electrons. The molecule has 0 N–H and O–H groups in total. The van der Waals surface area contributed by atoms with Gasteiger partial charge in [0.2, 0.25) is 6.04 Å². The Morgan fingerprint density at radius 3 is 2.00 bits per heavy atom. The maximum Gasteiger partial charge on any atom is 0.284 e. The van der Waals surface area contributed by atoms with Crippen molar-refractivity contribution in [1.82, 2.24) is 0 Å². The van der Waals surface area contributed by atoms with Crippen molar-refractivity contribution in [3.63, 3.8) is 0 Å². The minimum absolute atomic E-state index is 0.162. The second kappa shape index (κ2) is 6.20. The third-order valence-electron chi connectivity index (χ3n) is 4.68. The molecule has 138 valence electrons. The molecule has 1 atom stereocenters. The van der Waals surface area contributed by atoms with Crippen LogP contribution in [-0.4, -0.2) is 14.8 Å².